The first-order valence-corrected chi connectivity index (χ1v) is 5.85. The maximum Gasteiger partial charge on any atom is 0.339 e. The van der Waals surface area contributed by atoms with Crippen LogP contribution in [0.2, 0.25) is 0 Å². The van der Waals surface area contributed by atoms with E-state index in [-0.39, 0.29) is 28.5 Å². The number of ether oxygens (including phenoxy) is 2. The number of nitro benzene ring substituents is 1. The minimum absolute atomic E-state index is 0.00648. The van der Waals surface area contributed by atoms with E-state index in [2.05, 4.69) is 0 Å². The highest BCUT2D eigenvalue weighted by Crippen LogP contribution is 2.35. The van der Waals surface area contributed by atoms with Gasteiger partial charge in [-0.3, -0.25) is 10.1 Å². The molecule has 0 unspecified atom stereocenters. The van der Waals surface area contributed by atoms with Gasteiger partial charge in [0.25, 0.3) is 5.69 Å². The number of benzene rings is 2. The first kappa shape index (κ1) is 14.3. The first-order valence-electron chi connectivity index (χ1n) is 5.85. The van der Waals surface area contributed by atoms with Crippen LogP contribution in [0.3, 0.4) is 0 Å². The summed E-state index contributed by atoms with van der Waals surface area (Å²) in [6.07, 6.45) is 0. The van der Waals surface area contributed by atoms with Crippen LogP contribution in [0.15, 0.2) is 42.5 Å². The van der Waals surface area contributed by atoms with Gasteiger partial charge in [-0.1, -0.05) is 12.1 Å². The summed E-state index contributed by atoms with van der Waals surface area (Å²) in [5.41, 5.74) is -0.250. The van der Waals surface area contributed by atoms with Crippen molar-refractivity contribution in [3.63, 3.8) is 0 Å². The van der Waals surface area contributed by atoms with Crippen molar-refractivity contribution in [2.24, 2.45) is 0 Å². The molecule has 1 N–H and O–H groups in total. The molecule has 0 amide bonds. The number of nitro groups is 1. The molecule has 0 radical (unpaired) electrons. The molecule has 0 aliphatic heterocycles. The average molecular weight is 289 g/mol. The number of hydrogen-bond donors (Lipinski definition) is 1. The number of nitrogens with zero attached hydrogens (tertiary/aromatic N) is 1. The van der Waals surface area contributed by atoms with E-state index < -0.39 is 10.9 Å². The SMILES string of the molecule is COc1cccc(C(=O)O)c1Oc1cccc([N+](=O)[O-])c1. The molecule has 2 aromatic rings. The molecule has 108 valence electrons. The van der Waals surface area contributed by atoms with Gasteiger partial charge >= 0.3 is 5.97 Å². The van der Waals surface area contributed by atoms with Gasteiger partial charge in [0, 0.05) is 6.07 Å². The molecule has 21 heavy (non-hydrogen) atoms. The number of carboxylic acids is 1. The molecule has 2 aromatic carbocycles. The van der Waals surface area contributed by atoms with Crippen LogP contribution in [0.1, 0.15) is 10.4 Å². The fraction of sp³-hybridized carbons (Fsp3) is 0.0714. The van der Waals surface area contributed by atoms with Crippen molar-refractivity contribution in [2.45, 2.75) is 0 Å². The summed E-state index contributed by atoms with van der Waals surface area (Å²) < 4.78 is 10.5. The van der Waals surface area contributed by atoms with Crippen molar-refractivity contribution in [1.82, 2.24) is 0 Å². The lowest BCUT2D eigenvalue weighted by Crippen LogP contribution is -2.02. The molecule has 7 nitrogen and oxygen atoms in total. The highest BCUT2D eigenvalue weighted by molar-refractivity contribution is 5.92. The fourth-order valence-electron chi connectivity index (χ4n) is 1.73. The van der Waals surface area contributed by atoms with Crippen molar-refractivity contribution < 1.29 is 24.3 Å². The highest BCUT2D eigenvalue weighted by Gasteiger charge is 2.18. The van der Waals surface area contributed by atoms with Crippen LogP contribution in [0.4, 0.5) is 5.69 Å². The molecule has 2 rings (SSSR count). The Balaban J connectivity index is 2.45. The molecule has 0 atom stereocenters. The van der Waals surface area contributed by atoms with Gasteiger partial charge in [-0.25, -0.2) is 4.79 Å². The fourth-order valence-corrected chi connectivity index (χ4v) is 1.73. The molecule has 0 saturated carbocycles. The summed E-state index contributed by atoms with van der Waals surface area (Å²) in [5.74, 6) is -0.820. The third-order valence-electron chi connectivity index (χ3n) is 2.68. The molecule has 0 aliphatic carbocycles. The van der Waals surface area contributed by atoms with Gasteiger partial charge in [0.2, 0.25) is 0 Å². The number of non-ortho nitro benzene ring substituents is 1. The zero-order valence-electron chi connectivity index (χ0n) is 11.0. The first-order chi connectivity index (χ1) is 10.0. The lowest BCUT2D eigenvalue weighted by molar-refractivity contribution is -0.384. The number of aromatic carboxylic acids is 1. The second-order valence-corrected chi connectivity index (χ2v) is 4.00. The normalized spacial score (nSPS) is 9.95. The van der Waals surface area contributed by atoms with Crippen molar-refractivity contribution in [3.8, 4) is 17.2 Å². The van der Waals surface area contributed by atoms with Crippen LogP contribution in [-0.4, -0.2) is 23.1 Å². The van der Waals surface area contributed by atoms with Gasteiger partial charge in [-0.2, -0.15) is 0 Å². The number of rotatable bonds is 5. The van der Waals surface area contributed by atoms with Gasteiger partial charge in [0.05, 0.1) is 18.1 Å². The van der Waals surface area contributed by atoms with Crippen molar-refractivity contribution in [3.05, 3.63) is 58.1 Å². The standard InChI is InChI=1S/C14H11NO6/c1-20-12-7-3-6-11(14(16)17)13(12)21-10-5-2-4-9(8-10)15(18)19/h2-8H,1H3,(H,16,17). The molecule has 0 fully saturated rings. The summed E-state index contributed by atoms with van der Waals surface area (Å²) in [6, 6.07) is 9.87. The summed E-state index contributed by atoms with van der Waals surface area (Å²) in [7, 11) is 1.38. The summed E-state index contributed by atoms with van der Waals surface area (Å²) in [5, 5.41) is 19.9. The Labute approximate surface area is 119 Å². The molecule has 0 bridgehead atoms. The van der Waals surface area contributed by atoms with Crippen molar-refractivity contribution >= 4 is 11.7 Å². The number of para-hydroxylation sites is 1. The number of carboxylic acid groups (broad SMARTS) is 1. The summed E-state index contributed by atoms with van der Waals surface area (Å²) in [6.45, 7) is 0. The zero-order chi connectivity index (χ0) is 15.4. The van der Waals surface area contributed by atoms with Crippen LogP contribution in [0.5, 0.6) is 17.2 Å². The van der Waals surface area contributed by atoms with E-state index in [1.807, 2.05) is 0 Å². The minimum Gasteiger partial charge on any atom is -0.493 e. The number of methoxy groups -OCH3 is 1. The second-order valence-electron chi connectivity index (χ2n) is 4.00. The molecular weight excluding hydrogens is 278 g/mol. The zero-order valence-corrected chi connectivity index (χ0v) is 11.0. The Hall–Kier alpha value is -3.09. The smallest absolute Gasteiger partial charge is 0.339 e. The average Bonchev–Trinajstić information content (AvgIpc) is 2.47. The van der Waals surface area contributed by atoms with Gasteiger partial charge in [-0.15, -0.1) is 0 Å². The molecule has 0 spiro atoms. The Morgan fingerprint density at radius 2 is 1.95 bits per heavy atom. The van der Waals surface area contributed by atoms with Crippen LogP contribution in [-0.2, 0) is 0 Å². The van der Waals surface area contributed by atoms with E-state index in [9.17, 15) is 14.9 Å². The molecular formula is C14H11NO6. The minimum atomic E-state index is -1.19. The number of hydrogen-bond acceptors (Lipinski definition) is 5. The van der Waals surface area contributed by atoms with Crippen LogP contribution in [0.25, 0.3) is 0 Å². The lowest BCUT2D eigenvalue weighted by atomic mass is 10.2. The molecule has 0 aromatic heterocycles. The van der Waals surface area contributed by atoms with Crippen LogP contribution < -0.4 is 9.47 Å². The Morgan fingerprint density at radius 3 is 2.57 bits per heavy atom. The topological polar surface area (TPSA) is 98.9 Å². The molecule has 7 heteroatoms. The predicted octanol–water partition coefficient (Wildman–Crippen LogP) is 3.09. The lowest BCUT2D eigenvalue weighted by Gasteiger charge is -2.12. The van der Waals surface area contributed by atoms with E-state index in [1.165, 1.54) is 43.5 Å². The second kappa shape index (κ2) is 5.91. The highest BCUT2D eigenvalue weighted by atomic mass is 16.6. The monoisotopic (exact) mass is 289 g/mol. The van der Waals surface area contributed by atoms with E-state index in [0.29, 0.717) is 0 Å². The van der Waals surface area contributed by atoms with E-state index in [4.69, 9.17) is 14.6 Å². The quantitative estimate of drug-likeness (QED) is 0.670. The largest absolute Gasteiger partial charge is 0.493 e. The van der Waals surface area contributed by atoms with Gasteiger partial charge in [-0.05, 0) is 18.2 Å². The molecule has 0 heterocycles. The Kier molecular flexibility index (Phi) is 4.03. The Morgan fingerprint density at radius 1 is 1.24 bits per heavy atom. The van der Waals surface area contributed by atoms with Crippen LogP contribution in [0, 0.1) is 10.1 Å². The molecule has 0 saturated heterocycles. The predicted molar refractivity (Wildman–Crippen MR) is 73.1 cm³/mol. The Bertz CT molecular complexity index is 698. The van der Waals surface area contributed by atoms with E-state index in [1.54, 1.807) is 6.07 Å². The third kappa shape index (κ3) is 3.08. The molecule has 0 aliphatic rings. The van der Waals surface area contributed by atoms with Crippen molar-refractivity contribution in [2.75, 3.05) is 7.11 Å². The summed E-state index contributed by atoms with van der Waals surface area (Å²) >= 11 is 0. The summed E-state index contributed by atoms with van der Waals surface area (Å²) in [4.78, 5) is 21.4. The maximum absolute atomic E-state index is 11.2. The van der Waals surface area contributed by atoms with Gasteiger partial charge in [0.15, 0.2) is 11.5 Å². The van der Waals surface area contributed by atoms with Crippen molar-refractivity contribution in [1.29, 1.82) is 0 Å². The van der Waals surface area contributed by atoms with E-state index in [0.717, 1.165) is 0 Å². The van der Waals surface area contributed by atoms with Crippen LogP contribution >= 0.6 is 0 Å². The van der Waals surface area contributed by atoms with Gasteiger partial charge in [0.1, 0.15) is 11.3 Å². The maximum atomic E-state index is 11.2. The van der Waals surface area contributed by atoms with E-state index >= 15 is 0 Å². The number of carbonyl (C=O) groups is 1. The third-order valence-corrected chi connectivity index (χ3v) is 2.68. The van der Waals surface area contributed by atoms with Gasteiger partial charge < -0.3 is 14.6 Å².